The monoisotopic (exact) mass is 404 g/mol. The Labute approximate surface area is 172 Å². The van der Waals surface area contributed by atoms with Crippen LogP contribution in [0, 0.1) is 17.5 Å². The largest absolute Gasteiger partial charge is 0.298 e. The zero-order valence-electron chi connectivity index (χ0n) is 16.4. The summed E-state index contributed by atoms with van der Waals surface area (Å²) in [7, 11) is 0. The Bertz CT molecular complexity index is 1240. The van der Waals surface area contributed by atoms with Crippen LogP contribution in [0.5, 0.6) is 0 Å². The van der Waals surface area contributed by atoms with Crippen molar-refractivity contribution in [2.24, 2.45) is 0 Å². The predicted octanol–water partition coefficient (Wildman–Crippen LogP) is 7.36. The quantitative estimate of drug-likeness (QED) is 0.318. The fraction of sp³-hybridized carbons (Fsp3) is 0.115. The Morgan fingerprint density at radius 1 is 0.767 bits per heavy atom. The van der Waals surface area contributed by atoms with E-state index < -0.39 is 17.5 Å². The number of hydrogen-bond acceptors (Lipinski definition) is 1. The molecule has 1 nitrogen and oxygen atoms in total. The molecular formula is C26H19F3O. The first-order valence-corrected chi connectivity index (χ1v) is 9.77. The van der Waals surface area contributed by atoms with E-state index in [1.807, 2.05) is 18.2 Å². The van der Waals surface area contributed by atoms with Crippen molar-refractivity contribution in [3.8, 4) is 22.3 Å². The van der Waals surface area contributed by atoms with E-state index in [9.17, 15) is 18.0 Å². The minimum absolute atomic E-state index is 0.0924. The lowest BCUT2D eigenvalue weighted by Gasteiger charge is -2.12. The van der Waals surface area contributed by atoms with Gasteiger partial charge in [-0.1, -0.05) is 55.8 Å². The summed E-state index contributed by atoms with van der Waals surface area (Å²) in [5.41, 5.74) is 3.03. The Morgan fingerprint density at radius 3 is 2.17 bits per heavy atom. The number of aldehydes is 1. The Hall–Kier alpha value is -3.40. The van der Waals surface area contributed by atoms with Gasteiger partial charge >= 0.3 is 0 Å². The highest BCUT2D eigenvalue weighted by molar-refractivity contribution is 6.04. The third-order valence-corrected chi connectivity index (χ3v) is 5.24. The molecule has 4 rings (SSSR count). The van der Waals surface area contributed by atoms with Crippen molar-refractivity contribution >= 4 is 17.1 Å². The van der Waals surface area contributed by atoms with Gasteiger partial charge in [-0.25, -0.2) is 13.2 Å². The molecule has 0 aliphatic heterocycles. The molecule has 0 saturated carbocycles. The molecule has 0 spiro atoms. The highest BCUT2D eigenvalue weighted by Gasteiger charge is 2.14. The van der Waals surface area contributed by atoms with Crippen LogP contribution < -0.4 is 0 Å². The lowest BCUT2D eigenvalue weighted by atomic mass is 9.92. The van der Waals surface area contributed by atoms with Crippen LogP contribution in [0.15, 0.2) is 66.7 Å². The number of carbonyl (C=O) groups excluding carboxylic acids is 1. The van der Waals surface area contributed by atoms with E-state index in [-0.39, 0.29) is 11.1 Å². The molecule has 0 N–H and O–H groups in total. The molecule has 0 saturated heterocycles. The van der Waals surface area contributed by atoms with Crippen molar-refractivity contribution < 1.29 is 18.0 Å². The summed E-state index contributed by atoms with van der Waals surface area (Å²) in [4.78, 5) is 11.9. The molecule has 0 bridgehead atoms. The maximum atomic E-state index is 14.8. The fourth-order valence-electron chi connectivity index (χ4n) is 3.85. The first-order chi connectivity index (χ1) is 14.5. The van der Waals surface area contributed by atoms with E-state index in [0.717, 1.165) is 48.1 Å². The number of fused-ring (bicyclic) bond motifs is 1. The zero-order valence-corrected chi connectivity index (χ0v) is 16.4. The van der Waals surface area contributed by atoms with Gasteiger partial charge in [0.15, 0.2) is 6.29 Å². The molecule has 4 aromatic rings. The lowest BCUT2D eigenvalue weighted by molar-refractivity contribution is 0.112. The Balaban J connectivity index is 1.81. The van der Waals surface area contributed by atoms with Gasteiger partial charge in [0.05, 0.1) is 0 Å². The van der Waals surface area contributed by atoms with E-state index in [4.69, 9.17) is 0 Å². The normalized spacial score (nSPS) is 11.1. The zero-order chi connectivity index (χ0) is 21.3. The second kappa shape index (κ2) is 8.15. The van der Waals surface area contributed by atoms with Gasteiger partial charge in [-0.3, -0.25) is 4.79 Å². The molecule has 0 aromatic heterocycles. The van der Waals surface area contributed by atoms with Gasteiger partial charge in [-0.15, -0.1) is 0 Å². The molecule has 0 heterocycles. The first kappa shape index (κ1) is 19.9. The van der Waals surface area contributed by atoms with E-state index >= 15 is 0 Å². The predicted molar refractivity (Wildman–Crippen MR) is 114 cm³/mol. The van der Waals surface area contributed by atoms with Crippen molar-refractivity contribution in [3.63, 3.8) is 0 Å². The third kappa shape index (κ3) is 3.73. The fourth-order valence-corrected chi connectivity index (χ4v) is 3.85. The van der Waals surface area contributed by atoms with Crippen molar-refractivity contribution in [1.29, 1.82) is 0 Å². The summed E-state index contributed by atoms with van der Waals surface area (Å²) in [5.74, 6) is -2.16. The van der Waals surface area contributed by atoms with Crippen LogP contribution in [0.4, 0.5) is 13.2 Å². The average Bonchev–Trinajstić information content (AvgIpc) is 2.72. The van der Waals surface area contributed by atoms with Crippen molar-refractivity contribution in [1.82, 2.24) is 0 Å². The van der Waals surface area contributed by atoms with Crippen LogP contribution in [0.2, 0.25) is 0 Å². The molecule has 4 heteroatoms. The molecule has 4 aromatic carbocycles. The SMILES string of the molecule is CCCc1ccc2c(C=O)c(-c3ccc(-c4cc(F)cc(F)c4)c(F)c3)ccc2c1. The third-order valence-electron chi connectivity index (χ3n) is 5.24. The van der Waals surface area contributed by atoms with E-state index in [2.05, 4.69) is 13.0 Å². The number of rotatable bonds is 5. The number of halogens is 3. The topological polar surface area (TPSA) is 17.1 Å². The van der Waals surface area contributed by atoms with Crippen LogP contribution in [0.25, 0.3) is 33.0 Å². The average molecular weight is 404 g/mol. The number of aryl methyl sites for hydroxylation is 1. The van der Waals surface area contributed by atoms with Crippen LogP contribution in [0.3, 0.4) is 0 Å². The van der Waals surface area contributed by atoms with Gasteiger partial charge in [0, 0.05) is 17.2 Å². The summed E-state index contributed by atoms with van der Waals surface area (Å²) >= 11 is 0. The van der Waals surface area contributed by atoms with Gasteiger partial charge in [0.2, 0.25) is 0 Å². The Kier molecular flexibility index (Phi) is 5.40. The molecule has 0 amide bonds. The standard InChI is InChI=1S/C26H19F3O/c1-2-3-16-4-7-22-17(10-16)5-8-23(25(22)15-30)18-6-9-24(26(29)13-18)19-11-20(27)14-21(28)12-19/h4-15H,2-3H2,1H3. The molecule has 0 radical (unpaired) electrons. The summed E-state index contributed by atoms with van der Waals surface area (Å²) in [5, 5.41) is 1.76. The summed E-state index contributed by atoms with van der Waals surface area (Å²) < 4.78 is 41.9. The maximum Gasteiger partial charge on any atom is 0.151 e. The number of carbonyl (C=O) groups is 1. The second-order valence-electron chi connectivity index (χ2n) is 7.30. The summed E-state index contributed by atoms with van der Waals surface area (Å²) in [6.07, 6.45) is 2.78. The first-order valence-electron chi connectivity index (χ1n) is 9.77. The second-order valence-corrected chi connectivity index (χ2v) is 7.30. The molecule has 0 aliphatic rings. The molecule has 0 atom stereocenters. The molecule has 0 aliphatic carbocycles. The van der Waals surface area contributed by atoms with Crippen LogP contribution in [-0.4, -0.2) is 6.29 Å². The smallest absolute Gasteiger partial charge is 0.151 e. The molecule has 30 heavy (non-hydrogen) atoms. The molecule has 0 fully saturated rings. The minimum atomic E-state index is -0.770. The summed E-state index contributed by atoms with van der Waals surface area (Å²) in [6.45, 7) is 2.11. The van der Waals surface area contributed by atoms with Crippen molar-refractivity contribution in [2.75, 3.05) is 0 Å². The Morgan fingerprint density at radius 2 is 1.50 bits per heavy atom. The van der Waals surface area contributed by atoms with Crippen molar-refractivity contribution in [3.05, 3.63) is 95.3 Å². The van der Waals surface area contributed by atoms with Gasteiger partial charge in [0.1, 0.15) is 17.5 Å². The van der Waals surface area contributed by atoms with E-state index in [0.29, 0.717) is 16.7 Å². The van der Waals surface area contributed by atoms with Crippen molar-refractivity contribution in [2.45, 2.75) is 19.8 Å². The minimum Gasteiger partial charge on any atom is -0.298 e. The maximum absolute atomic E-state index is 14.8. The molecule has 0 unspecified atom stereocenters. The van der Waals surface area contributed by atoms with Gasteiger partial charge < -0.3 is 0 Å². The molecule has 150 valence electrons. The highest BCUT2D eigenvalue weighted by atomic mass is 19.1. The number of benzene rings is 4. The van der Waals surface area contributed by atoms with E-state index in [1.54, 1.807) is 12.1 Å². The summed E-state index contributed by atoms with van der Waals surface area (Å²) in [6, 6.07) is 17.1. The van der Waals surface area contributed by atoms with Gasteiger partial charge in [-0.05, 0) is 57.6 Å². The van der Waals surface area contributed by atoms with Gasteiger partial charge in [0.25, 0.3) is 0 Å². The van der Waals surface area contributed by atoms with Gasteiger partial charge in [-0.2, -0.15) is 0 Å². The number of hydrogen-bond donors (Lipinski definition) is 0. The van der Waals surface area contributed by atoms with Crippen LogP contribution in [-0.2, 0) is 6.42 Å². The lowest BCUT2D eigenvalue weighted by Crippen LogP contribution is -1.94. The highest BCUT2D eigenvalue weighted by Crippen LogP contribution is 2.33. The van der Waals surface area contributed by atoms with Crippen LogP contribution in [0.1, 0.15) is 29.3 Å². The van der Waals surface area contributed by atoms with E-state index in [1.165, 1.54) is 17.7 Å². The van der Waals surface area contributed by atoms with Crippen LogP contribution >= 0.6 is 0 Å². The molecular weight excluding hydrogens is 385 g/mol.